The maximum atomic E-state index is 13.3. The molecule has 2 aromatic carbocycles. The highest BCUT2D eigenvalue weighted by Gasteiger charge is 2.29. The molecule has 1 saturated carbocycles. The molecule has 212 valence electrons. The van der Waals surface area contributed by atoms with E-state index in [1.54, 1.807) is 14.2 Å². The first-order chi connectivity index (χ1) is 19.4. The molecule has 9 nitrogen and oxygen atoms in total. The monoisotopic (exact) mass is 544 g/mol. The SMILES string of the molecule is CC[C@H](c1nnnn1C1CCCC1)N(CCc1ccc(OC)c(OC)c1)Cc1cc2cc(C)c(C)cc2[nH]c1=O. The van der Waals surface area contributed by atoms with Crippen LogP contribution in [0, 0.1) is 13.8 Å². The number of aromatic nitrogens is 5. The number of benzene rings is 2. The van der Waals surface area contributed by atoms with Gasteiger partial charge in [0.25, 0.3) is 5.56 Å². The van der Waals surface area contributed by atoms with Crippen LogP contribution in [0.15, 0.2) is 41.2 Å². The molecule has 0 saturated heterocycles. The lowest BCUT2D eigenvalue weighted by molar-refractivity contribution is 0.169. The summed E-state index contributed by atoms with van der Waals surface area (Å²) in [5, 5.41) is 14.1. The zero-order chi connectivity index (χ0) is 28.2. The summed E-state index contributed by atoms with van der Waals surface area (Å²) >= 11 is 0. The van der Waals surface area contributed by atoms with Crippen LogP contribution >= 0.6 is 0 Å². The molecule has 1 N–H and O–H groups in total. The standard InChI is InChI=1S/C31H40N6O3/c1-6-27(30-33-34-35-37(30)25-9-7-8-10-25)36(14-13-22-11-12-28(39-4)29(17-22)40-5)19-24-18-23-15-20(2)21(3)16-26(23)32-31(24)38/h11-12,15-18,25,27H,6-10,13-14,19H2,1-5H3,(H,32,38)/t27-/m1/s1. The number of tetrazole rings is 1. The number of H-pyrrole nitrogens is 1. The number of aromatic amines is 1. The fourth-order valence-electron chi connectivity index (χ4n) is 5.95. The van der Waals surface area contributed by atoms with Gasteiger partial charge >= 0.3 is 0 Å². The van der Waals surface area contributed by atoms with Gasteiger partial charge in [0.1, 0.15) is 0 Å². The molecule has 0 amide bonds. The fourth-order valence-corrected chi connectivity index (χ4v) is 5.95. The van der Waals surface area contributed by atoms with Crippen LogP contribution in [0.4, 0.5) is 0 Å². The largest absolute Gasteiger partial charge is 0.493 e. The summed E-state index contributed by atoms with van der Waals surface area (Å²) in [6, 6.07) is 12.6. The summed E-state index contributed by atoms with van der Waals surface area (Å²) in [4.78, 5) is 18.8. The number of hydrogen-bond acceptors (Lipinski definition) is 7. The lowest BCUT2D eigenvalue weighted by Crippen LogP contribution is -2.34. The number of nitrogens with one attached hydrogen (secondary N) is 1. The Bertz CT molecular complexity index is 1520. The van der Waals surface area contributed by atoms with Crippen molar-refractivity contribution in [1.82, 2.24) is 30.1 Å². The van der Waals surface area contributed by atoms with Crippen LogP contribution in [0.25, 0.3) is 10.9 Å². The number of rotatable bonds is 11. The summed E-state index contributed by atoms with van der Waals surface area (Å²) in [5.41, 5.74) is 5.05. The second-order valence-electron chi connectivity index (χ2n) is 10.9. The molecule has 9 heteroatoms. The van der Waals surface area contributed by atoms with E-state index in [0.29, 0.717) is 24.1 Å². The molecular formula is C31H40N6O3. The Hall–Kier alpha value is -3.72. The second kappa shape index (κ2) is 12.2. The van der Waals surface area contributed by atoms with Crippen molar-refractivity contribution in [3.05, 3.63) is 74.8 Å². The molecule has 0 radical (unpaired) electrons. The summed E-state index contributed by atoms with van der Waals surface area (Å²) in [6.07, 6.45) is 6.20. The third-order valence-electron chi connectivity index (χ3n) is 8.36. The second-order valence-corrected chi connectivity index (χ2v) is 10.9. The van der Waals surface area contributed by atoms with Gasteiger partial charge in [-0.15, -0.1) is 5.10 Å². The Morgan fingerprint density at radius 3 is 2.52 bits per heavy atom. The highest BCUT2D eigenvalue weighted by molar-refractivity contribution is 5.80. The summed E-state index contributed by atoms with van der Waals surface area (Å²) in [7, 11) is 3.29. The Balaban J connectivity index is 1.50. The van der Waals surface area contributed by atoms with Crippen LogP contribution in [0.2, 0.25) is 0 Å². The molecule has 1 aliphatic rings. The van der Waals surface area contributed by atoms with Gasteiger partial charge < -0.3 is 14.5 Å². The van der Waals surface area contributed by atoms with Gasteiger partial charge in [-0.1, -0.05) is 25.8 Å². The average Bonchev–Trinajstić information content (AvgIpc) is 3.66. The van der Waals surface area contributed by atoms with Crippen molar-refractivity contribution in [3.63, 3.8) is 0 Å². The molecule has 0 unspecified atom stereocenters. The van der Waals surface area contributed by atoms with Gasteiger partial charge in [0.05, 0.1) is 26.3 Å². The number of fused-ring (bicyclic) bond motifs is 1. The molecular weight excluding hydrogens is 504 g/mol. The van der Waals surface area contributed by atoms with Crippen LogP contribution in [-0.2, 0) is 13.0 Å². The van der Waals surface area contributed by atoms with E-state index in [1.165, 1.54) is 18.4 Å². The van der Waals surface area contributed by atoms with Gasteiger partial charge in [-0.2, -0.15) is 0 Å². The zero-order valence-corrected chi connectivity index (χ0v) is 24.2. The van der Waals surface area contributed by atoms with E-state index in [0.717, 1.165) is 65.6 Å². The van der Waals surface area contributed by atoms with Crippen molar-refractivity contribution in [2.45, 2.75) is 77.9 Å². The highest BCUT2D eigenvalue weighted by atomic mass is 16.5. The van der Waals surface area contributed by atoms with Crippen molar-refractivity contribution in [1.29, 1.82) is 0 Å². The Kier molecular flexibility index (Phi) is 8.49. The minimum Gasteiger partial charge on any atom is -0.493 e. The summed E-state index contributed by atoms with van der Waals surface area (Å²) < 4.78 is 13.0. The first kappa shape index (κ1) is 27.8. The van der Waals surface area contributed by atoms with Crippen molar-refractivity contribution in [2.75, 3.05) is 20.8 Å². The van der Waals surface area contributed by atoms with Gasteiger partial charge in [0.2, 0.25) is 0 Å². The Morgan fingerprint density at radius 2 is 1.80 bits per heavy atom. The summed E-state index contributed by atoms with van der Waals surface area (Å²) in [5.74, 6) is 2.30. The van der Waals surface area contributed by atoms with E-state index >= 15 is 0 Å². The normalized spacial score (nSPS) is 14.8. The third-order valence-corrected chi connectivity index (χ3v) is 8.36. The highest BCUT2D eigenvalue weighted by Crippen LogP contribution is 2.33. The molecule has 0 aliphatic heterocycles. The predicted octanol–water partition coefficient (Wildman–Crippen LogP) is 5.46. The molecule has 40 heavy (non-hydrogen) atoms. The van der Waals surface area contributed by atoms with Crippen LogP contribution in [-0.4, -0.2) is 50.9 Å². The van der Waals surface area contributed by atoms with E-state index in [2.05, 4.69) is 64.4 Å². The lowest BCUT2D eigenvalue weighted by atomic mass is 10.0. The first-order valence-corrected chi connectivity index (χ1v) is 14.3. The topological polar surface area (TPSA) is 98.2 Å². The van der Waals surface area contributed by atoms with E-state index in [1.807, 2.05) is 22.9 Å². The van der Waals surface area contributed by atoms with E-state index in [4.69, 9.17) is 9.47 Å². The number of aryl methyl sites for hydroxylation is 2. The quantitative estimate of drug-likeness (QED) is 0.268. The number of ether oxygens (including phenoxy) is 2. The average molecular weight is 545 g/mol. The van der Waals surface area contributed by atoms with Gasteiger partial charge in [-0.3, -0.25) is 9.69 Å². The predicted molar refractivity (Wildman–Crippen MR) is 156 cm³/mol. The maximum absolute atomic E-state index is 13.3. The lowest BCUT2D eigenvalue weighted by Gasteiger charge is -2.31. The molecule has 1 fully saturated rings. The minimum atomic E-state index is -0.0582. The maximum Gasteiger partial charge on any atom is 0.252 e. The summed E-state index contributed by atoms with van der Waals surface area (Å²) in [6.45, 7) is 7.54. The molecule has 2 aromatic heterocycles. The van der Waals surface area contributed by atoms with E-state index in [-0.39, 0.29) is 11.6 Å². The molecule has 2 heterocycles. The van der Waals surface area contributed by atoms with Gasteiger partial charge in [0, 0.05) is 24.2 Å². The smallest absolute Gasteiger partial charge is 0.252 e. The molecule has 4 aromatic rings. The first-order valence-electron chi connectivity index (χ1n) is 14.3. The van der Waals surface area contributed by atoms with Crippen molar-refractivity contribution in [2.24, 2.45) is 0 Å². The molecule has 1 atom stereocenters. The fraction of sp³-hybridized carbons (Fsp3) is 0.484. The molecule has 5 rings (SSSR count). The Labute approximate surface area is 235 Å². The van der Waals surface area contributed by atoms with E-state index in [9.17, 15) is 4.79 Å². The zero-order valence-electron chi connectivity index (χ0n) is 24.2. The van der Waals surface area contributed by atoms with Gasteiger partial charge in [-0.25, -0.2) is 4.68 Å². The van der Waals surface area contributed by atoms with Crippen molar-refractivity contribution < 1.29 is 9.47 Å². The number of hydrogen-bond donors (Lipinski definition) is 1. The molecule has 0 spiro atoms. The van der Waals surface area contributed by atoms with Crippen LogP contribution in [0.5, 0.6) is 11.5 Å². The number of methoxy groups -OCH3 is 2. The number of pyridine rings is 1. The minimum absolute atomic E-state index is 0.0365. The van der Waals surface area contributed by atoms with E-state index < -0.39 is 0 Å². The van der Waals surface area contributed by atoms with Crippen LogP contribution in [0.1, 0.15) is 79.2 Å². The Morgan fingerprint density at radius 1 is 1.05 bits per heavy atom. The van der Waals surface area contributed by atoms with Gasteiger partial charge in [-0.05, 0) is 102 Å². The van der Waals surface area contributed by atoms with Crippen molar-refractivity contribution >= 4 is 10.9 Å². The van der Waals surface area contributed by atoms with Crippen LogP contribution < -0.4 is 15.0 Å². The molecule has 1 aliphatic carbocycles. The van der Waals surface area contributed by atoms with Crippen LogP contribution in [0.3, 0.4) is 0 Å². The third kappa shape index (κ3) is 5.75. The number of nitrogens with zero attached hydrogens (tertiary/aromatic N) is 5. The molecule has 0 bridgehead atoms. The van der Waals surface area contributed by atoms with Gasteiger partial charge in [0.15, 0.2) is 17.3 Å². The van der Waals surface area contributed by atoms with Crippen molar-refractivity contribution in [3.8, 4) is 11.5 Å².